The molecule has 0 spiro atoms. The molecule has 2 aliphatic rings. The second-order valence-electron chi connectivity index (χ2n) is 5.66. The zero-order valence-corrected chi connectivity index (χ0v) is 11.8. The number of piperidine rings is 2. The Labute approximate surface area is 110 Å². The molecule has 0 bridgehead atoms. The van der Waals surface area contributed by atoms with Gasteiger partial charge in [-0.3, -0.25) is 0 Å². The Balaban J connectivity index is 1.93. The van der Waals surface area contributed by atoms with E-state index in [0.29, 0.717) is 6.54 Å². The largest absolute Gasteiger partial charge is 0.391 e. The summed E-state index contributed by atoms with van der Waals surface area (Å²) in [6, 6.07) is 0. The molecule has 2 atom stereocenters. The molecule has 106 valence electrons. The topological polar surface area (TPSA) is 69.6 Å². The fourth-order valence-electron chi connectivity index (χ4n) is 2.72. The lowest BCUT2D eigenvalue weighted by Crippen LogP contribution is -2.47. The molecule has 2 unspecified atom stereocenters. The number of hydrogen-bond acceptors (Lipinski definition) is 4. The van der Waals surface area contributed by atoms with Gasteiger partial charge in [-0.05, 0) is 44.2 Å². The molecule has 0 radical (unpaired) electrons. The van der Waals surface area contributed by atoms with Gasteiger partial charge in [0.05, 0.1) is 11.9 Å². The lowest BCUT2D eigenvalue weighted by Gasteiger charge is -2.34. The van der Waals surface area contributed by atoms with Crippen molar-refractivity contribution in [3.05, 3.63) is 0 Å². The molecule has 2 heterocycles. The molecule has 18 heavy (non-hydrogen) atoms. The Morgan fingerprint density at radius 3 is 2.56 bits per heavy atom. The average Bonchev–Trinajstić information content (AvgIpc) is 2.33. The average molecular weight is 276 g/mol. The van der Waals surface area contributed by atoms with Crippen LogP contribution in [0.4, 0.5) is 0 Å². The van der Waals surface area contributed by atoms with E-state index < -0.39 is 16.1 Å². The quantitative estimate of drug-likeness (QED) is 0.762. The van der Waals surface area contributed by atoms with Crippen LogP contribution in [0.3, 0.4) is 0 Å². The molecule has 0 saturated carbocycles. The number of nitrogens with one attached hydrogen (secondary N) is 1. The van der Waals surface area contributed by atoms with E-state index >= 15 is 0 Å². The second kappa shape index (κ2) is 5.86. The van der Waals surface area contributed by atoms with Crippen LogP contribution in [0, 0.1) is 11.8 Å². The normalized spacial score (nSPS) is 32.6. The van der Waals surface area contributed by atoms with E-state index in [1.165, 1.54) is 4.31 Å². The van der Waals surface area contributed by atoms with Crippen molar-refractivity contribution in [1.82, 2.24) is 9.62 Å². The van der Waals surface area contributed by atoms with Gasteiger partial charge < -0.3 is 10.4 Å². The van der Waals surface area contributed by atoms with Crippen molar-refractivity contribution in [1.29, 1.82) is 0 Å². The summed E-state index contributed by atoms with van der Waals surface area (Å²) < 4.78 is 26.1. The van der Waals surface area contributed by atoms with Crippen molar-refractivity contribution < 1.29 is 13.5 Å². The van der Waals surface area contributed by atoms with Gasteiger partial charge in [-0.15, -0.1) is 0 Å². The number of β-amino-alcohol motifs (C(OH)–C–C–N with tert-alkyl or cyclic N) is 1. The Kier molecular flexibility index (Phi) is 4.64. The molecule has 2 aliphatic heterocycles. The highest BCUT2D eigenvalue weighted by Gasteiger charge is 2.33. The Bertz CT molecular complexity index is 366. The van der Waals surface area contributed by atoms with E-state index in [1.807, 2.05) is 6.92 Å². The standard InChI is InChI=1S/C12H24N2O3S/c1-10-4-7-14(8-12(10)15)18(16,17)9-11-2-5-13-6-3-11/h10-13,15H,2-9H2,1H3. The first-order valence-electron chi connectivity index (χ1n) is 6.85. The number of rotatable bonds is 3. The van der Waals surface area contributed by atoms with E-state index in [9.17, 15) is 13.5 Å². The number of sulfonamides is 1. The van der Waals surface area contributed by atoms with Crippen molar-refractivity contribution in [2.45, 2.75) is 32.3 Å². The molecule has 2 fully saturated rings. The van der Waals surface area contributed by atoms with Crippen LogP contribution in [0.1, 0.15) is 26.2 Å². The van der Waals surface area contributed by atoms with Gasteiger partial charge in [-0.25, -0.2) is 8.42 Å². The second-order valence-corrected chi connectivity index (χ2v) is 7.68. The Morgan fingerprint density at radius 1 is 1.28 bits per heavy atom. The minimum absolute atomic E-state index is 0.204. The molecule has 5 nitrogen and oxygen atoms in total. The van der Waals surface area contributed by atoms with Crippen LogP contribution in [-0.2, 0) is 10.0 Å². The van der Waals surface area contributed by atoms with Gasteiger partial charge in [0.2, 0.25) is 10.0 Å². The molecule has 2 rings (SSSR count). The first kappa shape index (κ1) is 14.2. The van der Waals surface area contributed by atoms with Gasteiger partial charge in [0.15, 0.2) is 0 Å². The predicted octanol–water partition coefficient (Wildman–Crippen LogP) is 0.0185. The van der Waals surface area contributed by atoms with Crippen molar-refractivity contribution in [3.8, 4) is 0 Å². The highest BCUT2D eigenvalue weighted by atomic mass is 32.2. The summed E-state index contributed by atoms with van der Waals surface area (Å²) in [5, 5.41) is 13.0. The molecule has 0 aliphatic carbocycles. The summed E-state index contributed by atoms with van der Waals surface area (Å²) in [6.45, 7) is 4.64. The summed E-state index contributed by atoms with van der Waals surface area (Å²) in [5.74, 6) is 0.721. The third-order valence-electron chi connectivity index (χ3n) is 4.18. The van der Waals surface area contributed by atoms with Crippen LogP contribution < -0.4 is 5.32 Å². The lowest BCUT2D eigenvalue weighted by atomic mass is 9.98. The summed E-state index contributed by atoms with van der Waals surface area (Å²) in [4.78, 5) is 0. The van der Waals surface area contributed by atoms with Gasteiger partial charge >= 0.3 is 0 Å². The molecular weight excluding hydrogens is 252 g/mol. The van der Waals surface area contributed by atoms with Crippen LogP contribution >= 0.6 is 0 Å². The molecule has 0 aromatic carbocycles. The van der Waals surface area contributed by atoms with Crippen LogP contribution in [0.25, 0.3) is 0 Å². The Hall–Kier alpha value is -0.170. The SMILES string of the molecule is CC1CCN(S(=O)(=O)CC2CCNCC2)CC1O. The van der Waals surface area contributed by atoms with Crippen molar-refractivity contribution in [2.75, 3.05) is 31.9 Å². The van der Waals surface area contributed by atoms with Crippen molar-refractivity contribution in [2.24, 2.45) is 11.8 Å². The first-order chi connectivity index (χ1) is 8.49. The van der Waals surface area contributed by atoms with Gasteiger partial charge in [-0.2, -0.15) is 4.31 Å². The minimum atomic E-state index is -3.19. The molecule has 6 heteroatoms. The molecule has 0 aromatic rings. The molecule has 2 N–H and O–H groups in total. The van der Waals surface area contributed by atoms with E-state index in [4.69, 9.17) is 0 Å². The molecule has 0 aromatic heterocycles. The summed E-state index contributed by atoms with van der Waals surface area (Å²) in [7, 11) is -3.19. The van der Waals surface area contributed by atoms with Gasteiger partial charge in [0.25, 0.3) is 0 Å². The van der Waals surface area contributed by atoms with Gasteiger partial charge in [-0.1, -0.05) is 6.92 Å². The van der Waals surface area contributed by atoms with E-state index in [0.717, 1.165) is 32.4 Å². The number of nitrogens with zero attached hydrogens (tertiary/aromatic N) is 1. The summed E-state index contributed by atoms with van der Waals surface area (Å²) >= 11 is 0. The lowest BCUT2D eigenvalue weighted by molar-refractivity contribution is 0.0603. The zero-order valence-electron chi connectivity index (χ0n) is 11.0. The van der Waals surface area contributed by atoms with Gasteiger partial charge in [0, 0.05) is 13.1 Å². The Morgan fingerprint density at radius 2 is 1.94 bits per heavy atom. The maximum Gasteiger partial charge on any atom is 0.214 e. The number of aliphatic hydroxyl groups excluding tert-OH is 1. The maximum absolute atomic E-state index is 12.3. The molecule has 0 amide bonds. The molecular formula is C12H24N2O3S. The van der Waals surface area contributed by atoms with Crippen molar-refractivity contribution in [3.63, 3.8) is 0 Å². The first-order valence-corrected chi connectivity index (χ1v) is 8.46. The summed E-state index contributed by atoms with van der Waals surface area (Å²) in [5.41, 5.74) is 0. The van der Waals surface area contributed by atoms with E-state index in [-0.39, 0.29) is 24.1 Å². The third-order valence-corrected chi connectivity index (χ3v) is 6.19. The number of aliphatic hydroxyl groups is 1. The van der Waals surface area contributed by atoms with Crippen molar-refractivity contribution >= 4 is 10.0 Å². The zero-order chi connectivity index (χ0) is 13.2. The third kappa shape index (κ3) is 3.44. The highest BCUT2D eigenvalue weighted by molar-refractivity contribution is 7.89. The van der Waals surface area contributed by atoms with Crippen LogP contribution in [0.15, 0.2) is 0 Å². The van der Waals surface area contributed by atoms with E-state index in [2.05, 4.69) is 5.32 Å². The maximum atomic E-state index is 12.3. The van der Waals surface area contributed by atoms with Gasteiger partial charge in [0.1, 0.15) is 0 Å². The molecule has 2 saturated heterocycles. The monoisotopic (exact) mass is 276 g/mol. The van der Waals surface area contributed by atoms with Crippen LogP contribution in [-0.4, -0.2) is 55.9 Å². The fourth-order valence-corrected chi connectivity index (χ4v) is 4.63. The fraction of sp³-hybridized carbons (Fsp3) is 1.00. The smallest absolute Gasteiger partial charge is 0.214 e. The van der Waals surface area contributed by atoms with Crippen LogP contribution in [0.2, 0.25) is 0 Å². The predicted molar refractivity (Wildman–Crippen MR) is 70.7 cm³/mol. The van der Waals surface area contributed by atoms with E-state index in [1.54, 1.807) is 0 Å². The highest BCUT2D eigenvalue weighted by Crippen LogP contribution is 2.22. The van der Waals surface area contributed by atoms with Crippen LogP contribution in [0.5, 0.6) is 0 Å². The summed E-state index contributed by atoms with van der Waals surface area (Å²) in [6.07, 6.45) is 2.12. The minimum Gasteiger partial charge on any atom is -0.391 e. The number of hydrogen-bond donors (Lipinski definition) is 2.